The van der Waals surface area contributed by atoms with Gasteiger partial charge in [-0.25, -0.2) is 13.2 Å². The van der Waals surface area contributed by atoms with E-state index in [1.807, 2.05) is 0 Å². The van der Waals surface area contributed by atoms with Crippen LogP contribution in [0.4, 0.5) is 10.5 Å². The van der Waals surface area contributed by atoms with Gasteiger partial charge in [0.15, 0.2) is 0 Å². The Labute approximate surface area is 226 Å². The number of hydrogen-bond donors (Lipinski definition) is 1. The molecule has 0 unspecified atom stereocenters. The zero-order chi connectivity index (χ0) is 27.4. The Morgan fingerprint density at radius 2 is 1.72 bits per heavy atom. The van der Waals surface area contributed by atoms with Crippen molar-refractivity contribution in [1.82, 2.24) is 14.8 Å². The number of pyridine rings is 1. The molecule has 2 saturated heterocycles. The summed E-state index contributed by atoms with van der Waals surface area (Å²) in [6.07, 6.45) is 2.42. The monoisotopic (exact) mass is 554 g/mol. The van der Waals surface area contributed by atoms with E-state index in [0.29, 0.717) is 68.7 Å². The summed E-state index contributed by atoms with van der Waals surface area (Å²) < 4.78 is 45.3. The van der Waals surface area contributed by atoms with Crippen LogP contribution in [0.15, 0.2) is 59.6 Å². The van der Waals surface area contributed by atoms with Crippen LogP contribution in [-0.4, -0.2) is 87.8 Å². The summed E-state index contributed by atoms with van der Waals surface area (Å²) in [5.41, 5.74) is 0.900. The SMILES string of the molecule is COc1cc(C(=O)N2CCN(C(=O)OC3CCOCC3)CC2)ccc1NS(=O)(=O)c1cccc2cccnc12. The molecule has 2 fully saturated rings. The number of aromatic nitrogens is 1. The molecular weight excluding hydrogens is 524 g/mol. The molecule has 2 aromatic carbocycles. The molecule has 3 heterocycles. The van der Waals surface area contributed by atoms with Gasteiger partial charge in [0.2, 0.25) is 0 Å². The quantitative estimate of drug-likeness (QED) is 0.493. The van der Waals surface area contributed by atoms with Crippen molar-refractivity contribution in [2.24, 2.45) is 0 Å². The van der Waals surface area contributed by atoms with Crippen molar-refractivity contribution in [3.05, 3.63) is 60.3 Å². The van der Waals surface area contributed by atoms with Crippen molar-refractivity contribution in [1.29, 1.82) is 0 Å². The molecule has 11 nitrogen and oxygen atoms in total. The van der Waals surface area contributed by atoms with Crippen LogP contribution in [-0.2, 0) is 19.5 Å². The van der Waals surface area contributed by atoms with Gasteiger partial charge in [-0.15, -0.1) is 0 Å². The van der Waals surface area contributed by atoms with Gasteiger partial charge < -0.3 is 24.0 Å². The molecule has 2 aliphatic rings. The molecule has 12 heteroatoms. The lowest BCUT2D eigenvalue weighted by atomic mass is 10.1. The molecule has 0 bridgehead atoms. The number of hydrogen-bond acceptors (Lipinski definition) is 8. The Bertz CT molecular complexity index is 1460. The minimum Gasteiger partial charge on any atom is -0.495 e. The van der Waals surface area contributed by atoms with Gasteiger partial charge in [0.25, 0.3) is 15.9 Å². The maximum atomic E-state index is 13.2. The van der Waals surface area contributed by atoms with E-state index in [9.17, 15) is 18.0 Å². The summed E-state index contributed by atoms with van der Waals surface area (Å²) in [5, 5.41) is 0.699. The standard InChI is InChI=1S/C27H30N4O7S/c1-36-23-18-20(26(32)30-12-14-31(15-13-30)27(33)38-21-9-16-37-17-10-21)7-8-22(23)29-39(34,35)24-6-2-4-19-5-3-11-28-25(19)24/h2-8,11,18,21,29H,9-10,12-17H2,1H3. The van der Waals surface area contributed by atoms with Crippen LogP contribution in [0.1, 0.15) is 23.2 Å². The number of carbonyl (C=O) groups is 2. The first-order valence-corrected chi connectivity index (χ1v) is 14.2. The van der Waals surface area contributed by atoms with E-state index in [2.05, 4.69) is 9.71 Å². The highest BCUT2D eigenvalue weighted by Crippen LogP contribution is 2.30. The number of sulfonamides is 1. The summed E-state index contributed by atoms with van der Waals surface area (Å²) >= 11 is 0. The number of amides is 2. The van der Waals surface area contributed by atoms with E-state index in [1.54, 1.807) is 40.1 Å². The van der Waals surface area contributed by atoms with Gasteiger partial charge in [0, 0.05) is 56.2 Å². The number of methoxy groups -OCH3 is 1. The van der Waals surface area contributed by atoms with Crippen LogP contribution in [0.5, 0.6) is 5.75 Å². The van der Waals surface area contributed by atoms with E-state index < -0.39 is 10.0 Å². The fraction of sp³-hybridized carbons (Fsp3) is 0.370. The van der Waals surface area contributed by atoms with E-state index in [0.717, 1.165) is 0 Å². The fourth-order valence-corrected chi connectivity index (χ4v) is 5.94. The second-order valence-electron chi connectivity index (χ2n) is 9.33. The van der Waals surface area contributed by atoms with Crippen LogP contribution < -0.4 is 9.46 Å². The number of ether oxygens (including phenoxy) is 3. The van der Waals surface area contributed by atoms with Crippen LogP contribution in [0.3, 0.4) is 0 Å². The lowest BCUT2D eigenvalue weighted by Gasteiger charge is -2.35. The molecular formula is C27H30N4O7S. The third-order valence-electron chi connectivity index (χ3n) is 6.84. The summed E-state index contributed by atoms with van der Waals surface area (Å²) in [6, 6.07) is 13.0. The first-order valence-electron chi connectivity index (χ1n) is 12.7. The number of carbonyl (C=O) groups excluding carboxylic acids is 2. The van der Waals surface area contributed by atoms with Crippen molar-refractivity contribution in [2.75, 3.05) is 51.2 Å². The maximum absolute atomic E-state index is 13.2. The largest absolute Gasteiger partial charge is 0.495 e. The number of rotatable bonds is 6. The highest BCUT2D eigenvalue weighted by Gasteiger charge is 2.28. The summed E-state index contributed by atoms with van der Waals surface area (Å²) in [6.45, 7) is 2.61. The van der Waals surface area contributed by atoms with Crippen molar-refractivity contribution in [2.45, 2.75) is 23.8 Å². The van der Waals surface area contributed by atoms with Crippen LogP contribution in [0.2, 0.25) is 0 Å². The molecule has 1 aromatic heterocycles. The first-order chi connectivity index (χ1) is 18.9. The molecule has 0 aliphatic carbocycles. The van der Waals surface area contributed by atoms with Gasteiger partial charge in [-0.05, 0) is 30.3 Å². The minimum absolute atomic E-state index is 0.0380. The molecule has 206 valence electrons. The van der Waals surface area contributed by atoms with Gasteiger partial charge in [0.05, 0.1) is 31.5 Å². The number of nitrogens with zero attached hydrogens (tertiary/aromatic N) is 3. The molecule has 2 aliphatic heterocycles. The van der Waals surface area contributed by atoms with Crippen molar-refractivity contribution < 1.29 is 32.2 Å². The molecule has 39 heavy (non-hydrogen) atoms. The topological polar surface area (TPSA) is 127 Å². The number of benzene rings is 2. The van der Waals surface area contributed by atoms with E-state index in [4.69, 9.17) is 14.2 Å². The normalized spacial score (nSPS) is 16.6. The summed E-state index contributed by atoms with van der Waals surface area (Å²) in [4.78, 5) is 33.2. The second-order valence-corrected chi connectivity index (χ2v) is 11.0. The Morgan fingerprint density at radius 1 is 1.00 bits per heavy atom. The zero-order valence-corrected chi connectivity index (χ0v) is 22.4. The van der Waals surface area contributed by atoms with Crippen molar-refractivity contribution >= 4 is 38.6 Å². The molecule has 0 radical (unpaired) electrons. The Morgan fingerprint density at radius 3 is 2.46 bits per heavy atom. The number of nitrogens with one attached hydrogen (secondary N) is 1. The number of anilines is 1. The smallest absolute Gasteiger partial charge is 0.410 e. The molecule has 0 atom stereocenters. The Hall–Kier alpha value is -3.90. The van der Waals surface area contributed by atoms with Crippen LogP contribution in [0, 0.1) is 0 Å². The molecule has 0 spiro atoms. The van der Waals surface area contributed by atoms with E-state index in [1.165, 1.54) is 31.5 Å². The summed E-state index contributed by atoms with van der Waals surface area (Å²) in [5.74, 6) is -0.0327. The lowest BCUT2D eigenvalue weighted by molar-refractivity contribution is -0.0141. The zero-order valence-electron chi connectivity index (χ0n) is 21.5. The number of piperazine rings is 1. The highest BCUT2D eigenvalue weighted by atomic mass is 32.2. The summed E-state index contributed by atoms with van der Waals surface area (Å²) in [7, 11) is -2.59. The third kappa shape index (κ3) is 5.91. The maximum Gasteiger partial charge on any atom is 0.410 e. The van der Waals surface area contributed by atoms with Crippen molar-refractivity contribution in [3.63, 3.8) is 0 Å². The predicted octanol–water partition coefficient (Wildman–Crippen LogP) is 3.12. The third-order valence-corrected chi connectivity index (χ3v) is 8.24. The number of fused-ring (bicyclic) bond motifs is 1. The van der Waals surface area contributed by atoms with E-state index in [-0.39, 0.29) is 34.4 Å². The second kappa shape index (κ2) is 11.5. The van der Waals surface area contributed by atoms with Gasteiger partial charge in [-0.2, -0.15) is 0 Å². The highest BCUT2D eigenvalue weighted by molar-refractivity contribution is 7.93. The first kappa shape index (κ1) is 26.7. The molecule has 3 aromatic rings. The Balaban J connectivity index is 1.25. The van der Waals surface area contributed by atoms with Gasteiger partial charge in [-0.1, -0.05) is 18.2 Å². The average Bonchev–Trinajstić information content (AvgIpc) is 2.97. The van der Waals surface area contributed by atoms with Gasteiger partial charge >= 0.3 is 6.09 Å². The average molecular weight is 555 g/mol. The minimum atomic E-state index is -4.00. The van der Waals surface area contributed by atoms with Gasteiger partial charge in [0.1, 0.15) is 16.7 Å². The molecule has 2 amide bonds. The molecule has 5 rings (SSSR count). The molecule has 0 saturated carbocycles. The van der Waals surface area contributed by atoms with Crippen molar-refractivity contribution in [3.8, 4) is 5.75 Å². The predicted molar refractivity (Wildman–Crippen MR) is 143 cm³/mol. The molecule has 1 N–H and O–H groups in total. The van der Waals surface area contributed by atoms with Gasteiger partial charge in [-0.3, -0.25) is 14.5 Å². The number of para-hydroxylation sites is 1. The lowest BCUT2D eigenvalue weighted by Crippen LogP contribution is -2.51. The van der Waals surface area contributed by atoms with Crippen LogP contribution >= 0.6 is 0 Å². The fourth-order valence-electron chi connectivity index (χ4n) is 4.69. The van der Waals surface area contributed by atoms with Crippen LogP contribution in [0.25, 0.3) is 10.9 Å². The van der Waals surface area contributed by atoms with E-state index >= 15 is 0 Å². The Kier molecular flexibility index (Phi) is 7.84.